The molecule has 3 aromatic rings. The zero-order valence-electron chi connectivity index (χ0n) is 17.1. The zero-order chi connectivity index (χ0) is 21.4. The molecule has 0 bridgehead atoms. The molecule has 7 nitrogen and oxygen atoms in total. The normalized spacial score (nSPS) is 15.4. The van der Waals surface area contributed by atoms with Gasteiger partial charge < -0.3 is 16.0 Å². The van der Waals surface area contributed by atoms with Crippen LogP contribution in [-0.4, -0.2) is 21.8 Å². The molecule has 3 N–H and O–H groups in total. The maximum Gasteiger partial charge on any atom is 0.229 e. The number of nitrogens with zero attached hydrogens (tertiary/aromatic N) is 2. The van der Waals surface area contributed by atoms with E-state index in [-0.39, 0.29) is 23.7 Å². The third kappa shape index (κ3) is 4.74. The lowest BCUT2D eigenvalue weighted by Crippen LogP contribution is -2.13. The van der Waals surface area contributed by atoms with Crippen molar-refractivity contribution in [1.82, 2.24) is 9.97 Å². The van der Waals surface area contributed by atoms with Crippen molar-refractivity contribution >= 4 is 45.5 Å². The van der Waals surface area contributed by atoms with Gasteiger partial charge in [0.25, 0.3) is 0 Å². The molecule has 0 spiro atoms. The molecule has 0 atom stereocenters. The third-order valence-corrected chi connectivity index (χ3v) is 6.47. The quantitative estimate of drug-likeness (QED) is 0.490. The van der Waals surface area contributed by atoms with Crippen LogP contribution in [0.15, 0.2) is 42.6 Å². The van der Waals surface area contributed by atoms with Gasteiger partial charge in [-0.1, -0.05) is 17.4 Å². The molecule has 31 heavy (non-hydrogen) atoms. The van der Waals surface area contributed by atoms with Crippen molar-refractivity contribution in [3.63, 3.8) is 0 Å². The molecule has 0 aliphatic heterocycles. The molecule has 2 fully saturated rings. The van der Waals surface area contributed by atoms with E-state index in [1.165, 1.54) is 11.3 Å². The van der Waals surface area contributed by atoms with E-state index in [9.17, 15) is 9.59 Å². The van der Waals surface area contributed by atoms with E-state index >= 15 is 0 Å². The first-order valence-corrected chi connectivity index (χ1v) is 11.3. The van der Waals surface area contributed by atoms with Crippen LogP contribution in [0, 0.1) is 18.8 Å². The van der Waals surface area contributed by atoms with Gasteiger partial charge in [-0.05, 0) is 68.5 Å². The lowest BCUT2D eigenvalue weighted by molar-refractivity contribution is -0.118. The van der Waals surface area contributed by atoms with Gasteiger partial charge in [0.2, 0.25) is 11.8 Å². The summed E-state index contributed by atoms with van der Waals surface area (Å²) >= 11 is 1.47. The summed E-state index contributed by atoms with van der Waals surface area (Å²) in [7, 11) is 0. The molecule has 0 unspecified atom stereocenters. The Morgan fingerprint density at radius 3 is 2.42 bits per heavy atom. The lowest BCUT2D eigenvalue weighted by Gasteiger charge is -2.10. The fourth-order valence-electron chi connectivity index (χ4n) is 3.32. The van der Waals surface area contributed by atoms with E-state index in [2.05, 4.69) is 25.9 Å². The van der Waals surface area contributed by atoms with Crippen LogP contribution in [0.5, 0.6) is 0 Å². The topological polar surface area (TPSA) is 96.0 Å². The molecular formula is C23H23N5O2S. The van der Waals surface area contributed by atoms with Crippen LogP contribution >= 0.6 is 11.3 Å². The minimum absolute atomic E-state index is 0.0612. The van der Waals surface area contributed by atoms with Crippen LogP contribution in [-0.2, 0) is 9.59 Å². The molecule has 2 heterocycles. The predicted octanol–water partition coefficient (Wildman–Crippen LogP) is 4.95. The molecule has 2 aromatic heterocycles. The smallest absolute Gasteiger partial charge is 0.229 e. The third-order valence-electron chi connectivity index (χ3n) is 5.35. The van der Waals surface area contributed by atoms with E-state index in [4.69, 9.17) is 0 Å². The lowest BCUT2D eigenvalue weighted by atomic mass is 10.2. The molecule has 2 aliphatic carbocycles. The first kappa shape index (κ1) is 19.7. The largest absolute Gasteiger partial charge is 0.340 e. The summed E-state index contributed by atoms with van der Waals surface area (Å²) in [6, 6.07) is 11.5. The molecule has 2 amide bonds. The number of thiazole rings is 1. The van der Waals surface area contributed by atoms with Gasteiger partial charge in [0, 0.05) is 29.4 Å². The molecule has 0 radical (unpaired) electrons. The Kier molecular flexibility index (Phi) is 5.15. The summed E-state index contributed by atoms with van der Waals surface area (Å²) in [4.78, 5) is 34.0. The Hall–Kier alpha value is -3.26. The monoisotopic (exact) mass is 433 g/mol. The highest BCUT2D eigenvalue weighted by atomic mass is 32.1. The van der Waals surface area contributed by atoms with E-state index in [0.717, 1.165) is 53.2 Å². The molecule has 0 saturated heterocycles. The number of carbonyl (C=O) groups excluding carboxylic acids is 2. The summed E-state index contributed by atoms with van der Waals surface area (Å²) < 4.78 is 0. The van der Waals surface area contributed by atoms with E-state index in [1.807, 2.05) is 43.3 Å². The Labute approximate surface area is 184 Å². The second kappa shape index (κ2) is 8.11. The van der Waals surface area contributed by atoms with Crippen molar-refractivity contribution in [1.29, 1.82) is 0 Å². The first-order chi connectivity index (χ1) is 15.0. The number of anilines is 4. The van der Waals surface area contributed by atoms with Crippen molar-refractivity contribution in [2.75, 3.05) is 16.0 Å². The summed E-state index contributed by atoms with van der Waals surface area (Å²) in [5.74, 6) is 1.15. The Morgan fingerprint density at radius 1 is 0.968 bits per heavy atom. The number of aromatic nitrogens is 2. The number of pyridine rings is 1. The van der Waals surface area contributed by atoms with Gasteiger partial charge in [-0.15, -0.1) is 0 Å². The highest BCUT2D eigenvalue weighted by Gasteiger charge is 2.30. The Morgan fingerprint density at radius 2 is 1.68 bits per heavy atom. The molecular weight excluding hydrogens is 410 g/mol. The minimum atomic E-state index is 0.0612. The average molecular weight is 434 g/mol. The Bertz CT molecular complexity index is 1150. The van der Waals surface area contributed by atoms with Crippen molar-refractivity contribution in [3.05, 3.63) is 48.3 Å². The van der Waals surface area contributed by atoms with E-state index in [1.54, 1.807) is 6.20 Å². The number of rotatable bonds is 7. The van der Waals surface area contributed by atoms with Gasteiger partial charge in [-0.25, -0.2) is 9.97 Å². The van der Waals surface area contributed by atoms with Gasteiger partial charge >= 0.3 is 0 Å². The number of carbonyl (C=O) groups is 2. The maximum atomic E-state index is 12.0. The molecule has 2 aliphatic rings. The summed E-state index contributed by atoms with van der Waals surface area (Å²) in [6.45, 7) is 1.94. The van der Waals surface area contributed by atoms with Crippen LogP contribution in [0.1, 0.15) is 31.4 Å². The van der Waals surface area contributed by atoms with Crippen molar-refractivity contribution in [3.8, 4) is 10.4 Å². The molecule has 158 valence electrons. The number of aryl methyl sites for hydroxylation is 1. The standard InChI is InChI=1S/C23H23N5O2S/c1-13-20(31-23(25-13)28-22(30)15-7-8-15)16-9-10-24-19(11-16)26-17-3-2-4-18(12-17)27-21(29)14-5-6-14/h2-4,9-12,14-15H,5-8H2,1H3,(H,24,26)(H,27,29)(H,25,28,30). The number of hydrogen-bond acceptors (Lipinski definition) is 6. The van der Waals surface area contributed by atoms with Crippen LogP contribution in [0.25, 0.3) is 10.4 Å². The second-order valence-electron chi connectivity index (χ2n) is 8.10. The van der Waals surface area contributed by atoms with Crippen LogP contribution in [0.4, 0.5) is 22.3 Å². The molecule has 5 rings (SSSR count). The number of amides is 2. The van der Waals surface area contributed by atoms with Gasteiger partial charge in [0.05, 0.1) is 10.6 Å². The summed E-state index contributed by atoms with van der Waals surface area (Å²) in [5, 5.41) is 9.83. The first-order valence-electron chi connectivity index (χ1n) is 10.5. The van der Waals surface area contributed by atoms with Crippen LogP contribution in [0.2, 0.25) is 0 Å². The van der Waals surface area contributed by atoms with Crippen LogP contribution < -0.4 is 16.0 Å². The highest BCUT2D eigenvalue weighted by molar-refractivity contribution is 7.19. The minimum Gasteiger partial charge on any atom is -0.340 e. The predicted molar refractivity (Wildman–Crippen MR) is 123 cm³/mol. The van der Waals surface area contributed by atoms with Gasteiger partial charge in [-0.2, -0.15) is 0 Å². The van der Waals surface area contributed by atoms with Crippen LogP contribution in [0.3, 0.4) is 0 Å². The second-order valence-corrected chi connectivity index (χ2v) is 9.10. The maximum absolute atomic E-state index is 12.0. The fourth-order valence-corrected chi connectivity index (χ4v) is 4.29. The SMILES string of the molecule is Cc1nc(NC(=O)C2CC2)sc1-c1ccnc(Nc2cccc(NC(=O)C3CC3)c2)c1. The average Bonchev–Trinajstić information content (AvgIpc) is 3.66. The number of nitrogens with one attached hydrogen (secondary N) is 3. The molecule has 1 aromatic carbocycles. The highest BCUT2D eigenvalue weighted by Crippen LogP contribution is 2.36. The summed E-state index contributed by atoms with van der Waals surface area (Å²) in [6.07, 6.45) is 5.63. The van der Waals surface area contributed by atoms with Gasteiger partial charge in [0.15, 0.2) is 5.13 Å². The van der Waals surface area contributed by atoms with Crippen molar-refractivity contribution in [2.45, 2.75) is 32.6 Å². The van der Waals surface area contributed by atoms with Crippen molar-refractivity contribution in [2.24, 2.45) is 11.8 Å². The zero-order valence-corrected chi connectivity index (χ0v) is 18.0. The van der Waals surface area contributed by atoms with Gasteiger partial charge in [0.1, 0.15) is 5.82 Å². The fraction of sp³-hybridized carbons (Fsp3) is 0.304. The molecule has 8 heteroatoms. The van der Waals surface area contributed by atoms with Crippen molar-refractivity contribution < 1.29 is 9.59 Å². The van der Waals surface area contributed by atoms with E-state index < -0.39 is 0 Å². The Balaban J connectivity index is 1.31. The van der Waals surface area contributed by atoms with E-state index in [0.29, 0.717) is 10.9 Å². The number of benzene rings is 1. The summed E-state index contributed by atoms with van der Waals surface area (Å²) in [5.41, 5.74) is 3.47. The number of hydrogen-bond donors (Lipinski definition) is 3. The molecule has 2 saturated carbocycles. The van der Waals surface area contributed by atoms with Gasteiger partial charge in [-0.3, -0.25) is 9.59 Å².